The second-order valence-electron chi connectivity index (χ2n) is 12.3. The summed E-state index contributed by atoms with van der Waals surface area (Å²) in [4.78, 5) is 0. The molecule has 9 atom stereocenters. The number of rotatable bonds is 4. The average molecular weight is 443 g/mol. The van der Waals surface area contributed by atoms with Crippen LogP contribution in [0.2, 0.25) is 0 Å². The largest absolute Gasteiger partial charge is 0.416 e. The van der Waals surface area contributed by atoms with E-state index in [1.54, 1.807) is 0 Å². The van der Waals surface area contributed by atoms with Crippen molar-refractivity contribution in [2.24, 2.45) is 40.9 Å². The first-order valence-corrected chi connectivity index (χ1v) is 12.5. The number of aliphatic hydroxyl groups is 2. The van der Waals surface area contributed by atoms with Gasteiger partial charge in [0.2, 0.25) is 0 Å². The minimum Gasteiger partial charge on any atom is -0.390 e. The summed E-state index contributed by atoms with van der Waals surface area (Å²) in [6.45, 7) is 7.42. The summed E-state index contributed by atoms with van der Waals surface area (Å²) < 4.78 is 39.2. The van der Waals surface area contributed by atoms with Crippen molar-refractivity contribution in [3.8, 4) is 0 Å². The predicted octanol–water partition coefficient (Wildman–Crippen LogP) is 6.66. The summed E-state index contributed by atoms with van der Waals surface area (Å²) in [5, 5.41) is 20.5. The molecule has 5 heteroatoms. The molecular formula is C26H41F3O2. The Labute approximate surface area is 185 Å². The lowest BCUT2D eigenvalue weighted by atomic mass is 9.49. The zero-order chi connectivity index (χ0) is 22.8. The van der Waals surface area contributed by atoms with Crippen molar-refractivity contribution in [2.45, 2.75) is 109 Å². The van der Waals surface area contributed by atoms with E-state index in [9.17, 15) is 23.4 Å². The Balaban J connectivity index is 1.44. The molecule has 3 fully saturated rings. The minimum atomic E-state index is -4.56. The molecule has 0 bridgehead atoms. The van der Waals surface area contributed by atoms with Crippen LogP contribution in [0.3, 0.4) is 0 Å². The number of alkyl halides is 3. The van der Waals surface area contributed by atoms with Crippen molar-refractivity contribution in [2.75, 3.05) is 0 Å². The van der Waals surface area contributed by atoms with Crippen LogP contribution in [0.25, 0.3) is 0 Å². The van der Waals surface area contributed by atoms with E-state index < -0.39 is 17.4 Å². The van der Waals surface area contributed by atoms with Crippen molar-refractivity contribution < 1.29 is 23.4 Å². The normalized spacial score (nSPS) is 45.7. The molecule has 0 amide bonds. The third-order valence-corrected chi connectivity index (χ3v) is 10.2. The van der Waals surface area contributed by atoms with Crippen molar-refractivity contribution >= 4 is 0 Å². The maximum Gasteiger partial charge on any atom is 0.416 e. The van der Waals surface area contributed by atoms with Crippen LogP contribution in [0.15, 0.2) is 11.6 Å². The van der Waals surface area contributed by atoms with Gasteiger partial charge in [0.05, 0.1) is 5.60 Å². The van der Waals surface area contributed by atoms with Crippen molar-refractivity contribution in [3.63, 3.8) is 0 Å². The zero-order valence-electron chi connectivity index (χ0n) is 19.6. The third-order valence-electron chi connectivity index (χ3n) is 10.2. The van der Waals surface area contributed by atoms with Crippen molar-refractivity contribution in [3.05, 3.63) is 11.6 Å². The highest BCUT2D eigenvalue weighted by Gasteiger charge is 2.56. The smallest absolute Gasteiger partial charge is 0.390 e. The van der Waals surface area contributed by atoms with Gasteiger partial charge < -0.3 is 10.2 Å². The number of hydrogen-bond acceptors (Lipinski definition) is 2. The lowest BCUT2D eigenvalue weighted by molar-refractivity contribution is -0.256. The van der Waals surface area contributed by atoms with Gasteiger partial charge in [0.1, 0.15) is 0 Å². The lowest BCUT2D eigenvalue weighted by Crippen LogP contribution is -2.49. The predicted molar refractivity (Wildman–Crippen MR) is 116 cm³/mol. The molecule has 0 aromatic rings. The average Bonchev–Trinajstić information content (AvgIpc) is 3.10. The fourth-order valence-electron chi connectivity index (χ4n) is 8.07. The van der Waals surface area contributed by atoms with Crippen molar-refractivity contribution in [1.29, 1.82) is 0 Å². The van der Waals surface area contributed by atoms with Crippen LogP contribution >= 0.6 is 0 Å². The molecule has 0 aromatic carbocycles. The summed E-state index contributed by atoms with van der Waals surface area (Å²) in [7, 11) is 0. The molecule has 4 aliphatic carbocycles. The second kappa shape index (κ2) is 7.75. The molecule has 0 heterocycles. The van der Waals surface area contributed by atoms with Crippen LogP contribution in [-0.2, 0) is 0 Å². The summed E-state index contributed by atoms with van der Waals surface area (Å²) in [6.07, 6.45) is 6.69. The SMILES string of the molecule is C[C@H](CC[C@](C)(O)C(F)(F)F)[C@H]1CCC2C3CC=C4C[C@@](C)(O)CC[C@]4(C)C3CC[C@@H]21. The summed E-state index contributed by atoms with van der Waals surface area (Å²) in [5.41, 5.74) is -1.47. The molecular weight excluding hydrogens is 401 g/mol. The van der Waals surface area contributed by atoms with Gasteiger partial charge >= 0.3 is 6.18 Å². The highest BCUT2D eigenvalue weighted by molar-refractivity contribution is 5.26. The topological polar surface area (TPSA) is 40.5 Å². The molecule has 0 saturated heterocycles. The standard InChI is InChI=1S/C26H41F3O2/c1-16(11-12-25(4,31)26(27,28)29)18-7-8-20-19(18)9-10-22-21(20)6-5-17-15-23(2,30)13-14-24(17,22)3/h5,16,18-22,30-31H,6-15H2,1-4H3/t16-,18-,19-,20?,21?,22?,23+,24+,25+/m1/s1. The van der Waals surface area contributed by atoms with Gasteiger partial charge in [0, 0.05) is 0 Å². The van der Waals surface area contributed by atoms with Crippen LogP contribution in [-0.4, -0.2) is 27.6 Å². The molecule has 4 rings (SSSR count). The van der Waals surface area contributed by atoms with Gasteiger partial charge in [-0.25, -0.2) is 0 Å². The Morgan fingerprint density at radius 1 is 1.06 bits per heavy atom. The number of fused-ring (bicyclic) bond motifs is 5. The van der Waals surface area contributed by atoms with Gasteiger partial charge in [-0.3, -0.25) is 0 Å². The van der Waals surface area contributed by atoms with Crippen LogP contribution in [0.4, 0.5) is 13.2 Å². The van der Waals surface area contributed by atoms with E-state index in [1.165, 1.54) is 24.8 Å². The third kappa shape index (κ3) is 4.11. The highest BCUT2D eigenvalue weighted by atomic mass is 19.4. The van der Waals surface area contributed by atoms with Gasteiger partial charge in [0.15, 0.2) is 5.60 Å². The van der Waals surface area contributed by atoms with E-state index in [0.717, 1.165) is 39.0 Å². The highest BCUT2D eigenvalue weighted by Crippen LogP contribution is 2.63. The Hall–Kier alpha value is -0.550. The first kappa shape index (κ1) is 23.6. The maximum atomic E-state index is 13.1. The molecule has 3 unspecified atom stereocenters. The Morgan fingerprint density at radius 2 is 1.74 bits per heavy atom. The van der Waals surface area contributed by atoms with Gasteiger partial charge in [-0.15, -0.1) is 0 Å². The Bertz CT molecular complexity index is 710. The van der Waals surface area contributed by atoms with Gasteiger partial charge in [0.25, 0.3) is 0 Å². The summed E-state index contributed by atoms with van der Waals surface area (Å²) >= 11 is 0. The van der Waals surface area contributed by atoms with Gasteiger partial charge in [-0.1, -0.05) is 25.5 Å². The van der Waals surface area contributed by atoms with Crippen LogP contribution in [0.1, 0.15) is 91.9 Å². The van der Waals surface area contributed by atoms with E-state index >= 15 is 0 Å². The number of halogens is 3. The molecule has 178 valence electrons. The Kier molecular flexibility index (Phi) is 5.90. The van der Waals surface area contributed by atoms with Crippen molar-refractivity contribution in [1.82, 2.24) is 0 Å². The lowest BCUT2D eigenvalue weighted by Gasteiger charge is -2.56. The molecule has 3 saturated carbocycles. The van der Waals surface area contributed by atoms with E-state index in [1.807, 2.05) is 6.92 Å². The molecule has 2 N–H and O–H groups in total. The fourth-order valence-corrected chi connectivity index (χ4v) is 8.07. The first-order chi connectivity index (χ1) is 14.3. The summed E-state index contributed by atoms with van der Waals surface area (Å²) in [5.74, 6) is 3.38. The van der Waals surface area contributed by atoms with E-state index in [2.05, 4.69) is 19.9 Å². The van der Waals surface area contributed by atoms with Gasteiger partial charge in [-0.2, -0.15) is 13.2 Å². The zero-order valence-corrected chi connectivity index (χ0v) is 19.6. The fraction of sp³-hybridized carbons (Fsp3) is 0.923. The molecule has 0 spiro atoms. The molecule has 0 aromatic heterocycles. The number of allylic oxidation sites excluding steroid dienone is 1. The molecule has 31 heavy (non-hydrogen) atoms. The van der Waals surface area contributed by atoms with E-state index in [-0.39, 0.29) is 17.8 Å². The first-order valence-electron chi connectivity index (χ1n) is 12.5. The maximum absolute atomic E-state index is 13.1. The molecule has 0 radical (unpaired) electrons. The Morgan fingerprint density at radius 3 is 2.42 bits per heavy atom. The van der Waals surface area contributed by atoms with Crippen LogP contribution < -0.4 is 0 Å². The number of hydrogen-bond donors (Lipinski definition) is 2. The molecule has 0 aliphatic heterocycles. The summed E-state index contributed by atoms with van der Waals surface area (Å²) in [6, 6.07) is 0. The molecule has 4 aliphatic rings. The second-order valence-corrected chi connectivity index (χ2v) is 12.3. The van der Waals surface area contributed by atoms with Gasteiger partial charge in [-0.05, 0) is 119 Å². The quantitative estimate of drug-likeness (QED) is 0.478. The van der Waals surface area contributed by atoms with E-state index in [4.69, 9.17) is 0 Å². The monoisotopic (exact) mass is 442 g/mol. The van der Waals surface area contributed by atoms with Crippen LogP contribution in [0.5, 0.6) is 0 Å². The minimum absolute atomic E-state index is 0.207. The molecule has 2 nitrogen and oxygen atoms in total. The van der Waals surface area contributed by atoms with E-state index in [0.29, 0.717) is 36.0 Å². The van der Waals surface area contributed by atoms with Crippen LogP contribution in [0, 0.1) is 40.9 Å².